The molecule has 8 nitrogen and oxygen atoms in total. The maximum absolute atomic E-state index is 13.0. The molecule has 0 saturated carbocycles. The molecule has 8 heteroatoms. The monoisotopic (exact) mass is 381 g/mol. The van der Waals surface area contributed by atoms with Crippen LogP contribution in [0.3, 0.4) is 0 Å². The van der Waals surface area contributed by atoms with Crippen LogP contribution in [0.25, 0.3) is 0 Å². The van der Waals surface area contributed by atoms with Gasteiger partial charge in [-0.2, -0.15) is 0 Å². The van der Waals surface area contributed by atoms with Gasteiger partial charge in [-0.25, -0.2) is 4.98 Å². The number of anilines is 2. The van der Waals surface area contributed by atoms with Gasteiger partial charge in [-0.1, -0.05) is 6.07 Å². The Balaban J connectivity index is 1.42. The van der Waals surface area contributed by atoms with Gasteiger partial charge in [0.2, 0.25) is 5.91 Å². The minimum absolute atomic E-state index is 0.0174. The standard InChI is InChI=1S/C20H23N5O3/c1-24-17-9-14(10-22-19(17)23-11-18(24)26)20(27)25-8-4-6-16(12-25)28-13-15-5-2-3-7-21-15/h2-3,5,7,9-10,16H,4,6,8,11-13H2,1H3,(H,22,23). The fourth-order valence-electron chi connectivity index (χ4n) is 3.50. The first-order valence-electron chi connectivity index (χ1n) is 9.43. The topological polar surface area (TPSA) is 87.7 Å². The lowest BCUT2D eigenvalue weighted by Gasteiger charge is -2.33. The Morgan fingerprint density at radius 2 is 2.25 bits per heavy atom. The molecule has 0 aliphatic carbocycles. The first-order valence-corrected chi connectivity index (χ1v) is 9.43. The highest BCUT2D eigenvalue weighted by atomic mass is 16.5. The molecule has 0 bridgehead atoms. The highest BCUT2D eigenvalue weighted by Crippen LogP contribution is 2.28. The highest BCUT2D eigenvalue weighted by molar-refractivity contribution is 6.03. The summed E-state index contributed by atoms with van der Waals surface area (Å²) in [5.74, 6) is 0.474. The van der Waals surface area contributed by atoms with Crippen LogP contribution in [0.1, 0.15) is 28.9 Å². The molecule has 28 heavy (non-hydrogen) atoms. The lowest BCUT2D eigenvalue weighted by atomic mass is 10.1. The molecule has 4 rings (SSSR count). The molecule has 4 heterocycles. The number of nitrogens with one attached hydrogen (secondary N) is 1. The normalized spacial score (nSPS) is 19.2. The van der Waals surface area contributed by atoms with Crippen molar-refractivity contribution in [2.45, 2.75) is 25.6 Å². The van der Waals surface area contributed by atoms with E-state index in [4.69, 9.17) is 4.74 Å². The van der Waals surface area contributed by atoms with Crippen molar-refractivity contribution >= 4 is 23.3 Å². The molecule has 2 aliphatic rings. The van der Waals surface area contributed by atoms with Crippen molar-refractivity contribution in [3.63, 3.8) is 0 Å². The summed E-state index contributed by atoms with van der Waals surface area (Å²) in [6.07, 6.45) is 5.10. The molecule has 0 aromatic carbocycles. The van der Waals surface area contributed by atoms with Gasteiger partial charge in [0.05, 0.1) is 36.2 Å². The van der Waals surface area contributed by atoms with Gasteiger partial charge in [0.1, 0.15) is 5.82 Å². The summed E-state index contributed by atoms with van der Waals surface area (Å²) in [6, 6.07) is 7.46. The molecule has 1 fully saturated rings. The van der Waals surface area contributed by atoms with Crippen LogP contribution in [0.4, 0.5) is 11.5 Å². The third-order valence-electron chi connectivity index (χ3n) is 5.12. The first kappa shape index (κ1) is 18.4. The predicted octanol–water partition coefficient (Wildman–Crippen LogP) is 1.69. The molecule has 2 amide bonds. The van der Waals surface area contributed by atoms with Gasteiger partial charge < -0.3 is 19.9 Å². The maximum atomic E-state index is 13.0. The number of likely N-dealkylation sites (N-methyl/N-ethyl adjacent to an activating group) is 1. The summed E-state index contributed by atoms with van der Waals surface area (Å²) in [4.78, 5) is 36.8. The fourth-order valence-corrected chi connectivity index (χ4v) is 3.50. The van der Waals surface area contributed by atoms with Crippen molar-refractivity contribution in [3.05, 3.63) is 47.9 Å². The van der Waals surface area contributed by atoms with E-state index >= 15 is 0 Å². The van der Waals surface area contributed by atoms with Crippen LogP contribution in [-0.2, 0) is 16.1 Å². The quantitative estimate of drug-likeness (QED) is 0.867. The molecule has 0 spiro atoms. The van der Waals surface area contributed by atoms with E-state index < -0.39 is 0 Å². The number of carbonyl (C=O) groups is 2. The van der Waals surface area contributed by atoms with Crippen LogP contribution in [0, 0.1) is 0 Å². The summed E-state index contributed by atoms with van der Waals surface area (Å²) in [7, 11) is 1.69. The number of nitrogens with zero attached hydrogens (tertiary/aromatic N) is 4. The highest BCUT2D eigenvalue weighted by Gasteiger charge is 2.28. The number of hydrogen-bond donors (Lipinski definition) is 1. The van der Waals surface area contributed by atoms with Crippen LogP contribution in [0.5, 0.6) is 0 Å². The Morgan fingerprint density at radius 1 is 1.36 bits per heavy atom. The van der Waals surface area contributed by atoms with Gasteiger partial charge in [0.25, 0.3) is 5.91 Å². The fraction of sp³-hybridized carbons (Fsp3) is 0.400. The molecule has 2 aliphatic heterocycles. The number of amides is 2. The third kappa shape index (κ3) is 3.82. The number of carbonyl (C=O) groups excluding carboxylic acids is 2. The summed E-state index contributed by atoms with van der Waals surface area (Å²) >= 11 is 0. The van der Waals surface area contributed by atoms with Gasteiger partial charge in [-0.15, -0.1) is 0 Å². The minimum atomic E-state index is -0.0899. The summed E-state index contributed by atoms with van der Waals surface area (Å²) in [5.41, 5.74) is 1.99. The van der Waals surface area contributed by atoms with Crippen molar-refractivity contribution in [3.8, 4) is 0 Å². The van der Waals surface area contributed by atoms with Crippen molar-refractivity contribution in [1.29, 1.82) is 0 Å². The number of fused-ring (bicyclic) bond motifs is 1. The van der Waals surface area contributed by atoms with Crippen molar-refractivity contribution in [1.82, 2.24) is 14.9 Å². The maximum Gasteiger partial charge on any atom is 0.255 e. The lowest BCUT2D eigenvalue weighted by Crippen LogP contribution is -2.43. The largest absolute Gasteiger partial charge is 0.370 e. The molecule has 2 aromatic heterocycles. The van der Waals surface area contributed by atoms with E-state index in [1.807, 2.05) is 18.2 Å². The SMILES string of the molecule is CN1C(=O)CNc2ncc(C(=O)N3CCCC(OCc4ccccn4)C3)cc21. The molecule has 1 unspecified atom stereocenters. The summed E-state index contributed by atoms with van der Waals surface area (Å²) in [6.45, 7) is 1.87. The van der Waals surface area contributed by atoms with Crippen LogP contribution in [0.15, 0.2) is 36.7 Å². The van der Waals surface area contributed by atoms with E-state index in [2.05, 4.69) is 15.3 Å². The molecule has 1 N–H and O–H groups in total. The molecule has 1 saturated heterocycles. The van der Waals surface area contributed by atoms with E-state index in [0.717, 1.165) is 18.5 Å². The molecular weight excluding hydrogens is 358 g/mol. The van der Waals surface area contributed by atoms with E-state index in [9.17, 15) is 9.59 Å². The molecule has 0 radical (unpaired) electrons. The zero-order chi connectivity index (χ0) is 19.5. The van der Waals surface area contributed by atoms with Crippen molar-refractivity contribution in [2.24, 2.45) is 0 Å². The lowest BCUT2D eigenvalue weighted by molar-refractivity contribution is -0.116. The van der Waals surface area contributed by atoms with Gasteiger partial charge in [0.15, 0.2) is 0 Å². The Kier molecular flexibility index (Phi) is 5.21. The Hall–Kier alpha value is -3.00. The van der Waals surface area contributed by atoms with Crippen LogP contribution < -0.4 is 10.2 Å². The number of aromatic nitrogens is 2. The molecule has 146 valence electrons. The number of likely N-dealkylation sites (tertiary alicyclic amines) is 1. The predicted molar refractivity (Wildman–Crippen MR) is 104 cm³/mol. The van der Waals surface area contributed by atoms with Crippen LogP contribution in [-0.4, -0.2) is 59.5 Å². The zero-order valence-corrected chi connectivity index (χ0v) is 15.8. The van der Waals surface area contributed by atoms with E-state index in [1.54, 1.807) is 30.4 Å². The summed E-state index contributed by atoms with van der Waals surface area (Å²) < 4.78 is 5.97. The van der Waals surface area contributed by atoms with Crippen LogP contribution >= 0.6 is 0 Å². The first-order chi connectivity index (χ1) is 13.6. The van der Waals surface area contributed by atoms with E-state index in [-0.39, 0.29) is 24.5 Å². The molecule has 1 atom stereocenters. The number of piperidine rings is 1. The smallest absolute Gasteiger partial charge is 0.255 e. The number of rotatable bonds is 4. The second-order valence-electron chi connectivity index (χ2n) is 7.05. The van der Waals surface area contributed by atoms with Crippen LogP contribution in [0.2, 0.25) is 0 Å². The number of pyridine rings is 2. The third-order valence-corrected chi connectivity index (χ3v) is 5.12. The second-order valence-corrected chi connectivity index (χ2v) is 7.05. The van der Waals surface area contributed by atoms with Gasteiger partial charge in [-0.05, 0) is 31.0 Å². The van der Waals surface area contributed by atoms with E-state index in [0.29, 0.717) is 36.8 Å². The number of hydrogen-bond acceptors (Lipinski definition) is 6. The Morgan fingerprint density at radius 3 is 3.07 bits per heavy atom. The summed E-state index contributed by atoms with van der Waals surface area (Å²) in [5, 5.41) is 2.97. The van der Waals surface area contributed by atoms with Gasteiger partial charge in [-0.3, -0.25) is 14.6 Å². The van der Waals surface area contributed by atoms with Crippen molar-refractivity contribution in [2.75, 3.05) is 36.9 Å². The Bertz CT molecular complexity index is 873. The average Bonchev–Trinajstić information content (AvgIpc) is 2.75. The second kappa shape index (κ2) is 7.93. The van der Waals surface area contributed by atoms with Gasteiger partial charge in [0, 0.05) is 32.5 Å². The molecule has 2 aromatic rings. The number of ether oxygens (including phenoxy) is 1. The van der Waals surface area contributed by atoms with Gasteiger partial charge >= 0.3 is 0 Å². The van der Waals surface area contributed by atoms with E-state index in [1.165, 1.54) is 4.90 Å². The molecular formula is C20H23N5O3. The van der Waals surface area contributed by atoms with Crippen molar-refractivity contribution < 1.29 is 14.3 Å². The average molecular weight is 381 g/mol. The minimum Gasteiger partial charge on any atom is -0.370 e. The zero-order valence-electron chi connectivity index (χ0n) is 15.8. The Labute approximate surface area is 163 Å².